The summed E-state index contributed by atoms with van der Waals surface area (Å²) in [4.78, 5) is 41.3. The van der Waals surface area contributed by atoms with Crippen LogP contribution in [0.15, 0.2) is 63.8 Å². The molecule has 0 atom stereocenters. The highest BCUT2D eigenvalue weighted by Gasteiger charge is 2.18. The van der Waals surface area contributed by atoms with Crippen molar-refractivity contribution in [2.24, 2.45) is 0 Å². The maximum absolute atomic E-state index is 12.4. The van der Waals surface area contributed by atoms with Gasteiger partial charge in [-0.25, -0.2) is 9.78 Å². The van der Waals surface area contributed by atoms with Crippen molar-refractivity contribution >= 4 is 39.3 Å². The first-order valence-electron chi connectivity index (χ1n) is 8.98. The van der Waals surface area contributed by atoms with E-state index in [0.29, 0.717) is 26.8 Å². The zero-order valence-electron chi connectivity index (χ0n) is 15.5. The number of benzene rings is 2. The standard InChI is InChI=1S/C21H17N3O4S/c1-13(25)19-18(14-7-3-2-4-8-14)23-20(29-19)22-17(26)11-12-24-15-9-5-6-10-16(15)28-21(24)27/h2-10H,11-12H2,1H3,(H,22,23,26). The Hall–Kier alpha value is -3.52. The van der Waals surface area contributed by atoms with E-state index in [4.69, 9.17) is 4.42 Å². The van der Waals surface area contributed by atoms with Crippen LogP contribution in [0.25, 0.3) is 22.4 Å². The van der Waals surface area contributed by atoms with Crippen LogP contribution in [0.1, 0.15) is 23.0 Å². The summed E-state index contributed by atoms with van der Waals surface area (Å²) in [6, 6.07) is 16.4. The van der Waals surface area contributed by atoms with E-state index in [0.717, 1.165) is 16.9 Å². The number of carbonyl (C=O) groups is 2. The number of Topliss-reactive ketones (excluding diaryl/α,β-unsaturated/α-hetero) is 1. The largest absolute Gasteiger partial charge is 0.419 e. The lowest BCUT2D eigenvalue weighted by Crippen LogP contribution is -2.19. The van der Waals surface area contributed by atoms with Crippen molar-refractivity contribution in [2.75, 3.05) is 5.32 Å². The number of aromatic nitrogens is 2. The predicted molar refractivity (Wildman–Crippen MR) is 111 cm³/mol. The molecule has 0 saturated carbocycles. The van der Waals surface area contributed by atoms with Gasteiger partial charge in [0.2, 0.25) is 5.91 Å². The number of aryl methyl sites for hydroxylation is 1. The number of ketones is 1. The van der Waals surface area contributed by atoms with Gasteiger partial charge in [-0.1, -0.05) is 53.8 Å². The number of nitrogens with zero attached hydrogens (tertiary/aromatic N) is 2. The van der Waals surface area contributed by atoms with Crippen LogP contribution in [0, 0.1) is 0 Å². The van der Waals surface area contributed by atoms with Gasteiger partial charge >= 0.3 is 5.76 Å². The molecule has 8 heteroatoms. The van der Waals surface area contributed by atoms with E-state index in [1.807, 2.05) is 30.3 Å². The van der Waals surface area contributed by atoms with E-state index in [2.05, 4.69) is 10.3 Å². The second-order valence-corrected chi connectivity index (χ2v) is 7.40. The molecule has 4 aromatic rings. The smallest absolute Gasteiger partial charge is 0.408 e. The third kappa shape index (κ3) is 3.88. The molecule has 4 rings (SSSR count). The Morgan fingerprint density at radius 2 is 1.83 bits per heavy atom. The minimum atomic E-state index is -0.501. The van der Waals surface area contributed by atoms with Gasteiger partial charge in [-0.15, -0.1) is 0 Å². The number of amides is 1. The molecule has 1 amide bonds. The summed E-state index contributed by atoms with van der Waals surface area (Å²) < 4.78 is 6.60. The number of nitrogens with one attached hydrogen (secondary N) is 1. The van der Waals surface area contributed by atoms with Crippen molar-refractivity contribution in [1.82, 2.24) is 9.55 Å². The van der Waals surface area contributed by atoms with Gasteiger partial charge in [0.15, 0.2) is 16.5 Å². The summed E-state index contributed by atoms with van der Waals surface area (Å²) >= 11 is 1.14. The van der Waals surface area contributed by atoms with Crippen molar-refractivity contribution in [1.29, 1.82) is 0 Å². The Balaban J connectivity index is 1.51. The SMILES string of the molecule is CC(=O)c1sc(NC(=O)CCn2c(=O)oc3ccccc32)nc1-c1ccccc1. The molecular weight excluding hydrogens is 390 g/mol. The number of anilines is 1. The van der Waals surface area contributed by atoms with Gasteiger partial charge in [-0.05, 0) is 12.1 Å². The average molecular weight is 407 g/mol. The first-order chi connectivity index (χ1) is 14.0. The highest BCUT2D eigenvalue weighted by molar-refractivity contribution is 7.18. The number of carbonyl (C=O) groups excluding carboxylic acids is 2. The van der Waals surface area contributed by atoms with E-state index >= 15 is 0 Å². The summed E-state index contributed by atoms with van der Waals surface area (Å²) in [6.07, 6.45) is 0.0685. The summed E-state index contributed by atoms with van der Waals surface area (Å²) in [5, 5.41) is 3.08. The van der Waals surface area contributed by atoms with Crippen molar-refractivity contribution < 1.29 is 14.0 Å². The van der Waals surface area contributed by atoms with Gasteiger partial charge in [0.25, 0.3) is 0 Å². The summed E-state index contributed by atoms with van der Waals surface area (Å²) in [5.41, 5.74) is 2.49. The molecule has 2 aromatic heterocycles. The number of hydrogen-bond donors (Lipinski definition) is 1. The number of fused-ring (bicyclic) bond motifs is 1. The number of hydrogen-bond acceptors (Lipinski definition) is 6. The Kier molecular flexibility index (Phi) is 5.09. The molecule has 0 aliphatic rings. The Morgan fingerprint density at radius 1 is 1.10 bits per heavy atom. The first-order valence-corrected chi connectivity index (χ1v) is 9.80. The summed E-state index contributed by atoms with van der Waals surface area (Å²) in [6.45, 7) is 1.65. The second kappa shape index (κ2) is 7.84. The van der Waals surface area contributed by atoms with Crippen molar-refractivity contribution in [3.05, 3.63) is 70.0 Å². The van der Waals surface area contributed by atoms with E-state index in [9.17, 15) is 14.4 Å². The summed E-state index contributed by atoms with van der Waals surface area (Å²) in [7, 11) is 0. The Bertz CT molecular complexity index is 1250. The Morgan fingerprint density at radius 3 is 2.59 bits per heavy atom. The normalized spacial score (nSPS) is 10.9. The minimum absolute atomic E-state index is 0.0685. The third-order valence-corrected chi connectivity index (χ3v) is 5.45. The lowest BCUT2D eigenvalue weighted by molar-refractivity contribution is -0.116. The lowest BCUT2D eigenvalue weighted by Gasteiger charge is -2.03. The third-order valence-electron chi connectivity index (χ3n) is 4.38. The topological polar surface area (TPSA) is 94.2 Å². The summed E-state index contributed by atoms with van der Waals surface area (Å²) in [5.74, 6) is -0.914. The first kappa shape index (κ1) is 18.8. The van der Waals surface area contributed by atoms with Crippen LogP contribution in [-0.2, 0) is 11.3 Å². The van der Waals surface area contributed by atoms with Crippen LogP contribution in [-0.4, -0.2) is 21.2 Å². The molecule has 146 valence electrons. The molecule has 0 aliphatic carbocycles. The zero-order valence-corrected chi connectivity index (χ0v) is 16.4. The highest BCUT2D eigenvalue weighted by atomic mass is 32.1. The quantitative estimate of drug-likeness (QED) is 0.489. The molecule has 2 heterocycles. The van der Waals surface area contributed by atoms with Crippen LogP contribution in [0.4, 0.5) is 5.13 Å². The van der Waals surface area contributed by atoms with Crippen molar-refractivity contribution in [2.45, 2.75) is 19.9 Å². The number of rotatable bonds is 6. The van der Waals surface area contributed by atoms with Gasteiger partial charge in [0.05, 0.1) is 16.1 Å². The second-order valence-electron chi connectivity index (χ2n) is 6.40. The van der Waals surface area contributed by atoms with E-state index < -0.39 is 5.76 Å². The number of oxazole rings is 1. The zero-order chi connectivity index (χ0) is 20.4. The molecule has 2 aromatic carbocycles. The molecule has 0 saturated heterocycles. The molecular formula is C21H17N3O4S. The van der Waals surface area contributed by atoms with Crippen LogP contribution in [0.5, 0.6) is 0 Å². The van der Waals surface area contributed by atoms with Gasteiger partial charge < -0.3 is 9.73 Å². The van der Waals surface area contributed by atoms with Crippen molar-refractivity contribution in [3.63, 3.8) is 0 Å². The maximum Gasteiger partial charge on any atom is 0.419 e. The number of thiazole rings is 1. The van der Waals surface area contributed by atoms with Gasteiger partial charge in [0, 0.05) is 25.5 Å². The molecule has 7 nitrogen and oxygen atoms in total. The fourth-order valence-corrected chi connectivity index (χ4v) is 3.92. The fourth-order valence-electron chi connectivity index (χ4n) is 3.02. The van der Waals surface area contributed by atoms with Gasteiger partial charge in [-0.2, -0.15) is 0 Å². The number of para-hydroxylation sites is 2. The molecule has 0 bridgehead atoms. The van der Waals surface area contributed by atoms with E-state index in [1.165, 1.54) is 11.5 Å². The molecule has 0 radical (unpaired) electrons. The van der Waals surface area contributed by atoms with Crippen LogP contribution in [0.3, 0.4) is 0 Å². The van der Waals surface area contributed by atoms with Crippen molar-refractivity contribution in [3.8, 4) is 11.3 Å². The van der Waals surface area contributed by atoms with E-state index in [-0.39, 0.29) is 24.7 Å². The molecule has 0 spiro atoms. The molecule has 0 aliphatic heterocycles. The molecule has 0 unspecified atom stereocenters. The van der Waals surface area contributed by atoms with Crippen LogP contribution in [0.2, 0.25) is 0 Å². The predicted octanol–water partition coefficient (Wildman–Crippen LogP) is 3.95. The Labute approximate surface area is 169 Å². The van der Waals surface area contributed by atoms with Gasteiger partial charge in [0.1, 0.15) is 0 Å². The maximum atomic E-state index is 12.4. The van der Waals surface area contributed by atoms with Gasteiger partial charge in [-0.3, -0.25) is 14.2 Å². The monoisotopic (exact) mass is 407 g/mol. The fraction of sp³-hybridized carbons (Fsp3) is 0.143. The van der Waals surface area contributed by atoms with Crippen LogP contribution < -0.4 is 11.1 Å². The molecule has 1 N–H and O–H groups in total. The lowest BCUT2D eigenvalue weighted by atomic mass is 10.1. The average Bonchev–Trinajstić information content (AvgIpc) is 3.27. The molecule has 0 fully saturated rings. The van der Waals surface area contributed by atoms with E-state index in [1.54, 1.807) is 24.3 Å². The van der Waals surface area contributed by atoms with Crippen LogP contribution >= 0.6 is 11.3 Å². The molecule has 29 heavy (non-hydrogen) atoms. The minimum Gasteiger partial charge on any atom is -0.408 e. The highest BCUT2D eigenvalue weighted by Crippen LogP contribution is 2.31.